The van der Waals surface area contributed by atoms with Crippen LogP contribution in [0.5, 0.6) is 5.88 Å². The zero-order valence-electron chi connectivity index (χ0n) is 12.4. The Kier molecular flexibility index (Phi) is 2.92. The summed E-state index contributed by atoms with van der Waals surface area (Å²) in [6.45, 7) is 2.52. The predicted octanol–water partition coefficient (Wildman–Crippen LogP) is -1.12. The molecule has 0 atom stereocenters. The zero-order chi connectivity index (χ0) is 15.7. The maximum Gasteiger partial charge on any atom is 0.369 e. The second-order valence-electron chi connectivity index (χ2n) is 4.13. The number of hydrogen-bond donors (Lipinski definition) is 1. The van der Waals surface area contributed by atoms with Gasteiger partial charge in [-0.15, -0.1) is 14.9 Å². The summed E-state index contributed by atoms with van der Waals surface area (Å²) in [7, 11) is 1.49. The molecule has 3 aromatic rings. The second-order valence-corrected chi connectivity index (χ2v) is 4.13. The second kappa shape index (κ2) is 5.19. The average Bonchev–Trinajstić information content (AvgIpc) is 3.18. The van der Waals surface area contributed by atoms with Crippen LogP contribution in [0.2, 0.25) is 1.41 Å². The molecule has 3 rings (SSSR count). The van der Waals surface area contributed by atoms with E-state index in [1.165, 1.54) is 13.2 Å². The van der Waals surface area contributed by atoms with Gasteiger partial charge in [0.2, 0.25) is 11.7 Å². The fraction of sp³-hybridized carbons (Fsp3) is 0.400. The molecule has 0 aliphatic heterocycles. The molecule has 11 nitrogen and oxygen atoms in total. The maximum absolute atomic E-state index is 11.9. The summed E-state index contributed by atoms with van der Waals surface area (Å²) in [5, 5.41) is 20.0. The summed E-state index contributed by atoms with van der Waals surface area (Å²) in [5.74, 6) is 0.543. The van der Waals surface area contributed by atoms with Gasteiger partial charge in [-0.1, -0.05) is 5.21 Å². The third-order valence-electron chi connectivity index (χ3n) is 2.84. The van der Waals surface area contributed by atoms with Crippen LogP contribution in [0.3, 0.4) is 0 Å². The van der Waals surface area contributed by atoms with E-state index in [0.29, 0.717) is 12.2 Å². The summed E-state index contributed by atoms with van der Waals surface area (Å²) < 4.78 is 16.5. The molecule has 0 aliphatic carbocycles. The van der Waals surface area contributed by atoms with Gasteiger partial charge >= 0.3 is 5.69 Å². The van der Waals surface area contributed by atoms with Gasteiger partial charge in [-0.3, -0.25) is 5.09 Å². The van der Waals surface area contributed by atoms with Crippen molar-refractivity contribution in [3.63, 3.8) is 0 Å². The molecular weight excluding hydrogens is 278 g/mol. The number of tetrazole rings is 1. The van der Waals surface area contributed by atoms with E-state index in [1.807, 2.05) is 6.92 Å². The number of nitrogens with zero attached hydrogens (tertiary/aromatic N) is 8. The summed E-state index contributed by atoms with van der Waals surface area (Å²) in [5.41, 5.74) is 0.129. The lowest BCUT2D eigenvalue weighted by Gasteiger charge is -2.05. The third-order valence-corrected chi connectivity index (χ3v) is 2.84. The smallest absolute Gasteiger partial charge is 0.369 e. The van der Waals surface area contributed by atoms with Crippen LogP contribution in [0, 0.1) is 0 Å². The third kappa shape index (κ3) is 2.28. The molecule has 0 aliphatic rings. The van der Waals surface area contributed by atoms with Crippen molar-refractivity contribution < 1.29 is 6.15 Å². The van der Waals surface area contributed by atoms with Gasteiger partial charge in [0.25, 0.3) is 0 Å². The SMILES string of the molecule is [3H]n1ccc(OCc2c(-n3nnn(C)c3=O)nnn2CC)n1. The van der Waals surface area contributed by atoms with Gasteiger partial charge in [-0.2, -0.15) is 4.68 Å². The zero-order valence-corrected chi connectivity index (χ0v) is 11.4. The first kappa shape index (κ1) is 11.8. The van der Waals surface area contributed by atoms with Crippen molar-refractivity contribution in [2.75, 3.05) is 0 Å². The molecule has 110 valence electrons. The van der Waals surface area contributed by atoms with Crippen LogP contribution in [0.4, 0.5) is 0 Å². The minimum atomic E-state index is -0.431. The number of aromatic amines is 1. The highest BCUT2D eigenvalue weighted by Crippen LogP contribution is 2.12. The standard InChI is InChI=1S/C10H13N9O2/c1-3-18-7(6-21-8-4-5-11-12-8)9(13-14-18)19-10(20)17(2)15-16-19/h4-5H,3,6H2,1-2H3,(H,11,12)/i/hT. The van der Waals surface area contributed by atoms with E-state index >= 15 is 0 Å². The molecule has 0 bridgehead atoms. The minimum absolute atomic E-state index is 0.0796. The quantitative estimate of drug-likeness (QED) is 0.632. The molecule has 3 aromatic heterocycles. The monoisotopic (exact) mass is 293 g/mol. The first-order valence-electron chi connectivity index (χ1n) is 6.64. The van der Waals surface area contributed by atoms with Crippen LogP contribution in [-0.4, -0.2) is 45.0 Å². The Morgan fingerprint density at radius 2 is 2.29 bits per heavy atom. The molecular formula is C10H13N9O2. The summed E-state index contributed by atoms with van der Waals surface area (Å²) in [6.07, 6.45) is 1.44. The van der Waals surface area contributed by atoms with Crippen molar-refractivity contribution in [3.8, 4) is 11.7 Å². The molecule has 0 amide bonds. The van der Waals surface area contributed by atoms with E-state index in [1.54, 1.807) is 10.7 Å². The lowest BCUT2D eigenvalue weighted by atomic mass is 10.4. The van der Waals surface area contributed by atoms with Crippen molar-refractivity contribution in [2.45, 2.75) is 20.1 Å². The molecule has 0 fully saturated rings. The van der Waals surface area contributed by atoms with Crippen LogP contribution in [0.15, 0.2) is 17.1 Å². The van der Waals surface area contributed by atoms with Crippen molar-refractivity contribution in [1.82, 2.24) is 45.0 Å². The van der Waals surface area contributed by atoms with Gasteiger partial charge in [0.15, 0.2) is 1.41 Å². The fourth-order valence-corrected chi connectivity index (χ4v) is 1.77. The molecule has 0 saturated carbocycles. The van der Waals surface area contributed by atoms with Gasteiger partial charge in [0, 0.05) is 25.9 Å². The highest BCUT2D eigenvalue weighted by Gasteiger charge is 2.19. The number of rotatable bonds is 5. The number of aromatic nitrogens is 9. The van der Waals surface area contributed by atoms with Crippen LogP contribution < -0.4 is 10.4 Å². The summed E-state index contributed by atoms with van der Waals surface area (Å²) in [4.78, 5) is 11.9. The molecule has 1 N–H and O–H groups in total. The van der Waals surface area contributed by atoms with E-state index in [2.05, 4.69) is 25.8 Å². The molecule has 0 saturated heterocycles. The number of ether oxygens (including phenoxy) is 1. The van der Waals surface area contributed by atoms with Gasteiger partial charge in [-0.05, 0) is 17.4 Å². The fourth-order valence-electron chi connectivity index (χ4n) is 1.77. The van der Waals surface area contributed by atoms with E-state index in [-0.39, 0.29) is 18.3 Å². The van der Waals surface area contributed by atoms with Gasteiger partial charge in [0.1, 0.15) is 12.3 Å². The number of H-pyrrole nitrogens is 1. The van der Waals surface area contributed by atoms with E-state index in [4.69, 9.17) is 6.15 Å². The Labute approximate surface area is 119 Å². The lowest BCUT2D eigenvalue weighted by Crippen LogP contribution is -2.23. The minimum Gasteiger partial charge on any atom is -0.470 e. The Morgan fingerprint density at radius 3 is 2.90 bits per heavy atom. The van der Waals surface area contributed by atoms with Crippen molar-refractivity contribution >= 4 is 0 Å². The van der Waals surface area contributed by atoms with Crippen LogP contribution in [-0.2, 0) is 20.2 Å². The number of nitrogens with one attached hydrogen (secondary N) is 1. The normalized spacial score (nSPS) is 11.6. The Morgan fingerprint density at radius 1 is 1.43 bits per heavy atom. The van der Waals surface area contributed by atoms with Crippen LogP contribution in [0.25, 0.3) is 5.82 Å². The van der Waals surface area contributed by atoms with E-state index in [0.717, 1.165) is 14.5 Å². The highest BCUT2D eigenvalue weighted by molar-refractivity contribution is 5.25. The highest BCUT2D eigenvalue weighted by atomic mass is 16.5. The van der Waals surface area contributed by atoms with E-state index < -0.39 is 5.69 Å². The number of hydrogen-bond acceptors (Lipinski definition) is 7. The van der Waals surface area contributed by atoms with E-state index in [9.17, 15) is 4.79 Å². The van der Waals surface area contributed by atoms with Crippen LogP contribution in [0.1, 0.15) is 12.6 Å². The van der Waals surface area contributed by atoms with Crippen LogP contribution >= 0.6 is 0 Å². The Balaban J connectivity index is 1.93. The summed E-state index contributed by atoms with van der Waals surface area (Å²) in [6, 6.07) is 1.56. The maximum atomic E-state index is 11.9. The Bertz CT molecular complexity index is 845. The summed E-state index contributed by atoms with van der Waals surface area (Å²) >= 11 is 0. The van der Waals surface area contributed by atoms with Gasteiger partial charge in [-0.25, -0.2) is 9.48 Å². The molecule has 0 spiro atoms. The molecule has 0 unspecified atom stereocenters. The van der Waals surface area contributed by atoms with Gasteiger partial charge < -0.3 is 4.74 Å². The Hall–Kier alpha value is -2.98. The van der Waals surface area contributed by atoms with Crippen molar-refractivity contribution in [3.05, 3.63) is 28.4 Å². The van der Waals surface area contributed by atoms with Crippen molar-refractivity contribution in [1.29, 1.82) is 0 Å². The average molecular weight is 293 g/mol. The topological polar surface area (TPSA) is 121 Å². The molecule has 21 heavy (non-hydrogen) atoms. The molecule has 3 heterocycles. The first-order valence-corrected chi connectivity index (χ1v) is 6.19. The predicted molar refractivity (Wildman–Crippen MR) is 68.8 cm³/mol. The largest absolute Gasteiger partial charge is 0.470 e. The number of aryl methyl sites for hydroxylation is 2. The van der Waals surface area contributed by atoms with Gasteiger partial charge in [0.05, 0.1) is 0 Å². The molecule has 0 radical (unpaired) electrons. The van der Waals surface area contributed by atoms with Crippen molar-refractivity contribution in [2.24, 2.45) is 7.05 Å². The first-order chi connectivity index (χ1) is 10.6. The molecule has 11 heteroatoms. The lowest BCUT2D eigenvalue weighted by molar-refractivity contribution is 0.280. The molecule has 0 aromatic carbocycles.